The molecule has 0 saturated carbocycles. The molecule has 14 heavy (non-hydrogen) atoms. The van der Waals surface area contributed by atoms with Gasteiger partial charge in [0.2, 0.25) is 0 Å². The second-order valence-corrected chi connectivity index (χ2v) is 4.70. The second kappa shape index (κ2) is 8.21. The summed E-state index contributed by atoms with van der Waals surface area (Å²) in [7, 11) is 6.41. The van der Waals surface area contributed by atoms with Crippen molar-refractivity contribution in [3.05, 3.63) is 0 Å². The monoisotopic (exact) mass is 201 g/mol. The summed E-state index contributed by atoms with van der Waals surface area (Å²) >= 11 is 0. The average Bonchev–Trinajstić information content (AvgIpc) is 2.08. The van der Waals surface area contributed by atoms with Gasteiger partial charge in [-0.2, -0.15) is 0 Å². The van der Waals surface area contributed by atoms with Crippen LogP contribution in [0, 0.1) is 5.92 Å². The summed E-state index contributed by atoms with van der Waals surface area (Å²) < 4.78 is 0. The SMILES string of the molecule is CC(C)CNCCN(C)CCN(C)C. The van der Waals surface area contributed by atoms with Gasteiger partial charge >= 0.3 is 0 Å². The largest absolute Gasteiger partial charge is 0.315 e. The topological polar surface area (TPSA) is 18.5 Å². The van der Waals surface area contributed by atoms with Crippen LogP contribution in [-0.4, -0.2) is 63.7 Å². The quantitative estimate of drug-likeness (QED) is 0.584. The molecule has 0 aromatic heterocycles. The Morgan fingerprint density at radius 1 is 1.00 bits per heavy atom. The van der Waals surface area contributed by atoms with E-state index in [9.17, 15) is 0 Å². The van der Waals surface area contributed by atoms with Gasteiger partial charge in [-0.3, -0.25) is 0 Å². The van der Waals surface area contributed by atoms with Crippen LogP contribution < -0.4 is 5.32 Å². The highest BCUT2D eigenvalue weighted by Crippen LogP contribution is 1.87. The first-order valence-corrected chi connectivity index (χ1v) is 5.56. The minimum absolute atomic E-state index is 0.752. The van der Waals surface area contributed by atoms with Crippen LogP contribution >= 0.6 is 0 Å². The fourth-order valence-corrected chi connectivity index (χ4v) is 1.14. The molecule has 0 spiro atoms. The maximum absolute atomic E-state index is 3.45. The van der Waals surface area contributed by atoms with Crippen LogP contribution in [0.4, 0.5) is 0 Å². The summed E-state index contributed by atoms with van der Waals surface area (Å²) in [5.74, 6) is 0.752. The van der Waals surface area contributed by atoms with E-state index in [1.54, 1.807) is 0 Å². The van der Waals surface area contributed by atoms with Gasteiger partial charge in [0.25, 0.3) is 0 Å². The van der Waals surface area contributed by atoms with Crippen LogP contribution in [0.2, 0.25) is 0 Å². The van der Waals surface area contributed by atoms with Gasteiger partial charge in [-0.1, -0.05) is 13.8 Å². The Kier molecular flexibility index (Phi) is 8.14. The molecule has 0 radical (unpaired) electrons. The van der Waals surface area contributed by atoms with Crippen molar-refractivity contribution in [2.45, 2.75) is 13.8 Å². The molecule has 0 rings (SSSR count). The number of nitrogens with one attached hydrogen (secondary N) is 1. The van der Waals surface area contributed by atoms with Crippen molar-refractivity contribution in [1.82, 2.24) is 15.1 Å². The molecule has 1 N–H and O–H groups in total. The van der Waals surface area contributed by atoms with E-state index in [0.29, 0.717) is 0 Å². The van der Waals surface area contributed by atoms with Crippen LogP contribution in [-0.2, 0) is 0 Å². The normalized spacial score (nSPS) is 12.0. The summed E-state index contributed by atoms with van der Waals surface area (Å²) in [5, 5.41) is 3.45. The first-order chi connectivity index (χ1) is 6.52. The molecule has 0 saturated heterocycles. The van der Waals surface area contributed by atoms with E-state index < -0.39 is 0 Å². The zero-order valence-corrected chi connectivity index (χ0v) is 10.5. The molecule has 0 aromatic carbocycles. The predicted octanol–water partition coefficient (Wildman–Crippen LogP) is 0.725. The minimum Gasteiger partial charge on any atom is -0.315 e. The van der Waals surface area contributed by atoms with Gasteiger partial charge in [-0.25, -0.2) is 0 Å². The lowest BCUT2D eigenvalue weighted by Gasteiger charge is -2.19. The molecule has 0 aliphatic heterocycles. The summed E-state index contributed by atoms with van der Waals surface area (Å²) in [6, 6.07) is 0. The van der Waals surface area contributed by atoms with Crippen LogP contribution in [0.25, 0.3) is 0 Å². The van der Waals surface area contributed by atoms with Crippen molar-refractivity contribution < 1.29 is 0 Å². The van der Waals surface area contributed by atoms with Crippen molar-refractivity contribution in [2.75, 3.05) is 53.9 Å². The van der Waals surface area contributed by atoms with Crippen molar-refractivity contribution in [2.24, 2.45) is 5.92 Å². The Bertz CT molecular complexity index is 124. The smallest absolute Gasteiger partial charge is 0.0107 e. The summed E-state index contributed by atoms with van der Waals surface area (Å²) in [5.41, 5.74) is 0. The molecule has 3 nitrogen and oxygen atoms in total. The highest BCUT2D eigenvalue weighted by molar-refractivity contribution is 4.57. The number of likely N-dealkylation sites (N-methyl/N-ethyl adjacent to an activating group) is 2. The Hall–Kier alpha value is -0.120. The molecule has 0 atom stereocenters. The fraction of sp³-hybridized carbons (Fsp3) is 1.00. The number of nitrogens with zero attached hydrogens (tertiary/aromatic N) is 2. The third-order valence-corrected chi connectivity index (χ3v) is 2.15. The molecule has 3 heteroatoms. The van der Waals surface area contributed by atoms with Crippen molar-refractivity contribution in [3.63, 3.8) is 0 Å². The van der Waals surface area contributed by atoms with Gasteiger partial charge in [0.15, 0.2) is 0 Å². The van der Waals surface area contributed by atoms with Crippen LogP contribution in [0.3, 0.4) is 0 Å². The lowest BCUT2D eigenvalue weighted by atomic mass is 10.2. The highest BCUT2D eigenvalue weighted by atomic mass is 15.2. The van der Waals surface area contributed by atoms with Gasteiger partial charge in [0, 0.05) is 26.2 Å². The predicted molar refractivity (Wildman–Crippen MR) is 63.8 cm³/mol. The summed E-state index contributed by atoms with van der Waals surface area (Å²) in [6.07, 6.45) is 0. The number of hydrogen-bond acceptors (Lipinski definition) is 3. The molecule has 86 valence electrons. The van der Waals surface area contributed by atoms with Crippen molar-refractivity contribution in [3.8, 4) is 0 Å². The molecular weight excluding hydrogens is 174 g/mol. The van der Waals surface area contributed by atoms with E-state index in [4.69, 9.17) is 0 Å². The van der Waals surface area contributed by atoms with Crippen LogP contribution in [0.5, 0.6) is 0 Å². The van der Waals surface area contributed by atoms with Gasteiger partial charge in [-0.15, -0.1) is 0 Å². The maximum atomic E-state index is 3.45. The van der Waals surface area contributed by atoms with Crippen LogP contribution in [0.15, 0.2) is 0 Å². The van der Waals surface area contributed by atoms with Gasteiger partial charge in [-0.05, 0) is 33.6 Å². The molecule has 0 unspecified atom stereocenters. The van der Waals surface area contributed by atoms with E-state index in [-0.39, 0.29) is 0 Å². The van der Waals surface area contributed by atoms with Crippen LogP contribution in [0.1, 0.15) is 13.8 Å². The van der Waals surface area contributed by atoms with Crippen molar-refractivity contribution in [1.29, 1.82) is 0 Å². The molecule has 0 aliphatic carbocycles. The zero-order valence-electron chi connectivity index (χ0n) is 10.5. The van der Waals surface area contributed by atoms with E-state index in [1.165, 1.54) is 0 Å². The molecule has 0 heterocycles. The Morgan fingerprint density at radius 2 is 1.64 bits per heavy atom. The summed E-state index contributed by atoms with van der Waals surface area (Å²) in [4.78, 5) is 4.59. The van der Waals surface area contributed by atoms with E-state index >= 15 is 0 Å². The molecule has 0 bridgehead atoms. The maximum Gasteiger partial charge on any atom is 0.0107 e. The molecule has 0 amide bonds. The summed E-state index contributed by atoms with van der Waals surface area (Å²) in [6.45, 7) is 10.1. The fourth-order valence-electron chi connectivity index (χ4n) is 1.14. The number of hydrogen-bond donors (Lipinski definition) is 1. The van der Waals surface area contributed by atoms with Gasteiger partial charge < -0.3 is 15.1 Å². The zero-order chi connectivity index (χ0) is 11.0. The number of rotatable bonds is 8. The lowest BCUT2D eigenvalue weighted by Crippen LogP contribution is -2.34. The van der Waals surface area contributed by atoms with Crippen molar-refractivity contribution >= 4 is 0 Å². The van der Waals surface area contributed by atoms with Gasteiger partial charge in [0.1, 0.15) is 0 Å². The Labute approximate surface area is 89.5 Å². The standard InChI is InChI=1S/C11H27N3/c1-11(2)10-12-6-7-14(5)9-8-13(3)4/h11-12H,6-10H2,1-5H3. The van der Waals surface area contributed by atoms with Gasteiger partial charge in [0.05, 0.1) is 0 Å². The first kappa shape index (κ1) is 13.9. The molecule has 0 fully saturated rings. The van der Waals surface area contributed by atoms with E-state index in [1.807, 2.05) is 0 Å². The molecule has 0 aliphatic rings. The third kappa shape index (κ3) is 9.96. The Morgan fingerprint density at radius 3 is 2.14 bits per heavy atom. The van der Waals surface area contributed by atoms with E-state index in [0.717, 1.165) is 38.6 Å². The second-order valence-electron chi connectivity index (χ2n) is 4.70. The Balaban J connectivity index is 3.22. The van der Waals surface area contributed by atoms with E-state index in [2.05, 4.69) is 50.1 Å². The molecular formula is C11H27N3. The average molecular weight is 201 g/mol. The lowest BCUT2D eigenvalue weighted by molar-refractivity contribution is 0.280. The third-order valence-electron chi connectivity index (χ3n) is 2.15. The first-order valence-electron chi connectivity index (χ1n) is 5.56. The highest BCUT2D eigenvalue weighted by Gasteiger charge is 1.98. The molecule has 0 aromatic rings. The minimum atomic E-state index is 0.752.